The minimum atomic E-state index is 0.0371. The van der Waals surface area contributed by atoms with E-state index in [1.165, 1.54) is 0 Å². The van der Waals surface area contributed by atoms with Crippen LogP contribution in [0.1, 0.15) is 43.7 Å². The molecule has 3 unspecified atom stereocenters. The number of hydrogen-bond donors (Lipinski definition) is 1. The number of amides is 1. The topological polar surface area (TPSA) is 58.6 Å². The third-order valence-corrected chi connectivity index (χ3v) is 4.63. The molecule has 0 bridgehead atoms. The predicted molar refractivity (Wildman–Crippen MR) is 86.9 cm³/mol. The molecule has 0 saturated heterocycles. The molecule has 3 rings (SSSR count). The molecular weight excluding hydrogens is 292 g/mol. The van der Waals surface area contributed by atoms with Crippen LogP contribution in [0.2, 0.25) is 0 Å². The molecule has 1 aliphatic carbocycles. The number of nitrogens with zero attached hydrogens (tertiary/aromatic N) is 1. The second-order valence-electron chi connectivity index (χ2n) is 5.96. The van der Waals surface area contributed by atoms with Gasteiger partial charge in [-0.3, -0.25) is 9.69 Å². The fraction of sp³-hybridized carbons (Fsp3) is 0.500. The van der Waals surface area contributed by atoms with Gasteiger partial charge in [0.1, 0.15) is 11.5 Å². The minimum absolute atomic E-state index is 0.0371. The second-order valence-corrected chi connectivity index (χ2v) is 5.96. The van der Waals surface area contributed by atoms with Crippen LogP contribution in [0.3, 0.4) is 0 Å². The molecule has 2 heterocycles. The Morgan fingerprint density at radius 1 is 1.26 bits per heavy atom. The van der Waals surface area contributed by atoms with E-state index in [-0.39, 0.29) is 23.8 Å². The average Bonchev–Trinajstić information content (AvgIpc) is 2.97. The fourth-order valence-electron chi connectivity index (χ4n) is 3.18. The van der Waals surface area contributed by atoms with E-state index in [4.69, 9.17) is 8.83 Å². The summed E-state index contributed by atoms with van der Waals surface area (Å²) in [7, 11) is 0. The van der Waals surface area contributed by atoms with Crippen LogP contribution in [0.25, 0.3) is 0 Å². The zero-order valence-corrected chi connectivity index (χ0v) is 13.7. The summed E-state index contributed by atoms with van der Waals surface area (Å²) in [5, 5.41) is 3.09. The van der Waals surface area contributed by atoms with Crippen LogP contribution in [0, 0.1) is 5.92 Å². The summed E-state index contributed by atoms with van der Waals surface area (Å²) >= 11 is 0. The highest BCUT2D eigenvalue weighted by atomic mass is 16.3. The summed E-state index contributed by atoms with van der Waals surface area (Å²) in [5.41, 5.74) is 0. The number of nitrogens with one attached hydrogen (secondary N) is 1. The van der Waals surface area contributed by atoms with Gasteiger partial charge in [0.25, 0.3) is 0 Å². The third kappa shape index (κ3) is 3.50. The highest BCUT2D eigenvalue weighted by Gasteiger charge is 2.45. The Morgan fingerprint density at radius 3 is 2.61 bits per heavy atom. The Hall–Kier alpha value is -2.01. The molecular formula is C18H24N2O3. The normalized spacial score (nSPS) is 21.3. The third-order valence-electron chi connectivity index (χ3n) is 4.63. The Kier molecular flexibility index (Phi) is 4.86. The molecule has 1 N–H and O–H groups in total. The first kappa shape index (κ1) is 15.9. The minimum Gasteiger partial charge on any atom is -0.469 e. The van der Waals surface area contributed by atoms with E-state index in [1.54, 1.807) is 12.5 Å². The quantitative estimate of drug-likeness (QED) is 0.812. The smallest absolute Gasteiger partial charge is 0.223 e. The van der Waals surface area contributed by atoms with Crippen molar-refractivity contribution in [1.82, 2.24) is 10.2 Å². The van der Waals surface area contributed by atoms with Crippen molar-refractivity contribution in [3.63, 3.8) is 0 Å². The monoisotopic (exact) mass is 316 g/mol. The van der Waals surface area contributed by atoms with Crippen molar-refractivity contribution in [2.75, 3.05) is 19.6 Å². The van der Waals surface area contributed by atoms with Crippen molar-refractivity contribution in [2.45, 2.75) is 32.2 Å². The molecule has 1 saturated carbocycles. The van der Waals surface area contributed by atoms with Gasteiger partial charge in [-0.25, -0.2) is 0 Å². The SMILES string of the molecule is CCN(CC)C(CNC(=O)C1CC1c1ccco1)c1ccco1. The lowest BCUT2D eigenvalue weighted by molar-refractivity contribution is -0.122. The largest absolute Gasteiger partial charge is 0.469 e. The van der Waals surface area contributed by atoms with Gasteiger partial charge in [-0.1, -0.05) is 13.8 Å². The number of hydrogen-bond acceptors (Lipinski definition) is 4. The van der Waals surface area contributed by atoms with E-state index in [0.29, 0.717) is 6.54 Å². The molecule has 1 amide bonds. The van der Waals surface area contributed by atoms with Gasteiger partial charge < -0.3 is 14.2 Å². The number of carbonyl (C=O) groups is 1. The van der Waals surface area contributed by atoms with Gasteiger partial charge in [0.05, 0.1) is 18.6 Å². The predicted octanol–water partition coefficient (Wildman–Crippen LogP) is 3.18. The molecule has 5 heteroatoms. The number of carbonyl (C=O) groups excluding carboxylic acids is 1. The first-order valence-electron chi connectivity index (χ1n) is 8.33. The van der Waals surface area contributed by atoms with Gasteiger partial charge in [-0.05, 0) is 43.8 Å². The van der Waals surface area contributed by atoms with E-state index >= 15 is 0 Å². The van der Waals surface area contributed by atoms with Crippen molar-refractivity contribution in [1.29, 1.82) is 0 Å². The van der Waals surface area contributed by atoms with Crippen molar-refractivity contribution in [3.05, 3.63) is 48.3 Å². The van der Waals surface area contributed by atoms with Gasteiger partial charge in [0.2, 0.25) is 5.91 Å². The maximum Gasteiger partial charge on any atom is 0.223 e. The highest BCUT2D eigenvalue weighted by Crippen LogP contribution is 2.47. The Balaban J connectivity index is 1.58. The Bertz CT molecular complexity index is 602. The molecule has 3 atom stereocenters. The maximum atomic E-state index is 12.4. The van der Waals surface area contributed by atoms with Gasteiger partial charge in [0.15, 0.2) is 0 Å². The summed E-state index contributed by atoms with van der Waals surface area (Å²) in [6.45, 7) is 6.63. The lowest BCUT2D eigenvalue weighted by Gasteiger charge is -2.28. The van der Waals surface area contributed by atoms with Crippen molar-refractivity contribution in [3.8, 4) is 0 Å². The molecule has 0 aliphatic heterocycles. The molecule has 2 aromatic heterocycles. The molecule has 5 nitrogen and oxygen atoms in total. The molecule has 124 valence electrons. The summed E-state index contributed by atoms with van der Waals surface area (Å²) in [6.07, 6.45) is 4.22. The molecule has 0 radical (unpaired) electrons. The molecule has 1 fully saturated rings. The van der Waals surface area contributed by atoms with E-state index < -0.39 is 0 Å². The molecule has 1 aliphatic rings. The first-order chi connectivity index (χ1) is 11.2. The number of likely N-dealkylation sites (N-methyl/N-ethyl adjacent to an activating group) is 1. The summed E-state index contributed by atoms with van der Waals surface area (Å²) in [5.74, 6) is 2.19. The van der Waals surface area contributed by atoms with Crippen molar-refractivity contribution in [2.24, 2.45) is 5.92 Å². The van der Waals surface area contributed by atoms with Gasteiger partial charge >= 0.3 is 0 Å². The first-order valence-corrected chi connectivity index (χ1v) is 8.33. The highest BCUT2D eigenvalue weighted by molar-refractivity contribution is 5.82. The van der Waals surface area contributed by atoms with E-state index in [1.807, 2.05) is 24.3 Å². The maximum absolute atomic E-state index is 12.4. The van der Waals surface area contributed by atoms with Crippen LogP contribution in [-0.2, 0) is 4.79 Å². The van der Waals surface area contributed by atoms with E-state index in [9.17, 15) is 4.79 Å². The summed E-state index contributed by atoms with van der Waals surface area (Å²) in [6, 6.07) is 7.75. The summed E-state index contributed by atoms with van der Waals surface area (Å²) in [4.78, 5) is 14.7. The average molecular weight is 316 g/mol. The van der Waals surface area contributed by atoms with Crippen molar-refractivity contribution < 1.29 is 13.6 Å². The standard InChI is InChI=1S/C18H24N2O3/c1-3-20(4-2)15(17-8-6-10-23-17)12-19-18(21)14-11-13(14)16-7-5-9-22-16/h5-10,13-15H,3-4,11-12H2,1-2H3,(H,19,21). The molecule has 0 aromatic carbocycles. The lowest BCUT2D eigenvalue weighted by Crippen LogP contribution is -2.38. The molecule has 23 heavy (non-hydrogen) atoms. The van der Waals surface area contributed by atoms with Crippen LogP contribution >= 0.6 is 0 Å². The van der Waals surface area contributed by atoms with Crippen molar-refractivity contribution >= 4 is 5.91 Å². The molecule has 2 aromatic rings. The summed E-state index contributed by atoms with van der Waals surface area (Å²) < 4.78 is 11.0. The number of furan rings is 2. The van der Waals surface area contributed by atoms with Gasteiger partial charge in [-0.15, -0.1) is 0 Å². The van der Waals surface area contributed by atoms with E-state index in [2.05, 4.69) is 24.1 Å². The van der Waals surface area contributed by atoms with E-state index in [0.717, 1.165) is 31.0 Å². The lowest BCUT2D eigenvalue weighted by atomic mass is 10.1. The Morgan fingerprint density at radius 2 is 2.00 bits per heavy atom. The van der Waals surface area contributed by atoms with Gasteiger partial charge in [-0.2, -0.15) is 0 Å². The van der Waals surface area contributed by atoms with Crippen LogP contribution in [-0.4, -0.2) is 30.4 Å². The Labute approximate surface area is 136 Å². The van der Waals surface area contributed by atoms with Gasteiger partial charge in [0, 0.05) is 18.4 Å². The fourth-order valence-corrected chi connectivity index (χ4v) is 3.18. The second kappa shape index (κ2) is 7.04. The zero-order valence-electron chi connectivity index (χ0n) is 13.7. The van der Waals surface area contributed by atoms with Crippen LogP contribution in [0.15, 0.2) is 45.6 Å². The van der Waals surface area contributed by atoms with Crippen LogP contribution in [0.4, 0.5) is 0 Å². The number of rotatable bonds is 8. The van der Waals surface area contributed by atoms with Crippen LogP contribution < -0.4 is 5.32 Å². The molecule has 0 spiro atoms. The zero-order chi connectivity index (χ0) is 16.2. The van der Waals surface area contributed by atoms with Crippen LogP contribution in [0.5, 0.6) is 0 Å².